The largest absolute Gasteiger partial charge is 0.497 e. The highest BCUT2D eigenvalue weighted by molar-refractivity contribution is 5.91. The first-order valence-electron chi connectivity index (χ1n) is 6.65. The number of ether oxygens (including phenoxy) is 3. The molecule has 0 aliphatic heterocycles. The number of amides is 1. The molecule has 0 aromatic heterocycles. The minimum Gasteiger partial charge on any atom is -0.497 e. The number of nitrogens with one attached hydrogen (secondary N) is 1. The highest BCUT2D eigenvalue weighted by atomic mass is 16.5. The Hall–Kier alpha value is -1.75. The Morgan fingerprint density at radius 1 is 1.15 bits per heavy atom. The molecule has 1 rings (SSSR count). The molecule has 0 spiro atoms. The van der Waals surface area contributed by atoms with Crippen LogP contribution in [0.15, 0.2) is 18.2 Å². The van der Waals surface area contributed by atoms with Crippen molar-refractivity contribution in [2.75, 3.05) is 32.8 Å². The predicted octanol–water partition coefficient (Wildman–Crippen LogP) is 2.71. The highest BCUT2D eigenvalue weighted by Gasteiger charge is 2.06. The number of carbonyl (C=O) groups is 1. The van der Waals surface area contributed by atoms with Crippen molar-refractivity contribution in [2.45, 2.75) is 20.3 Å². The van der Waals surface area contributed by atoms with Crippen molar-refractivity contribution < 1.29 is 19.0 Å². The summed E-state index contributed by atoms with van der Waals surface area (Å²) in [5.74, 6) is 1.65. The molecule has 0 radical (unpaired) electrons. The zero-order chi connectivity index (χ0) is 15.0. The van der Waals surface area contributed by atoms with Crippen molar-refractivity contribution in [3.05, 3.63) is 18.2 Å². The van der Waals surface area contributed by atoms with Gasteiger partial charge in [0.25, 0.3) is 0 Å². The van der Waals surface area contributed by atoms with Crippen LogP contribution in [0.2, 0.25) is 0 Å². The van der Waals surface area contributed by atoms with Crippen LogP contribution in [0.25, 0.3) is 0 Å². The lowest BCUT2D eigenvalue weighted by Crippen LogP contribution is -2.15. The summed E-state index contributed by atoms with van der Waals surface area (Å²) in [7, 11) is 3.14. The number of anilines is 1. The summed E-state index contributed by atoms with van der Waals surface area (Å²) in [6.07, 6.45) is 0.326. The van der Waals surface area contributed by atoms with Crippen molar-refractivity contribution >= 4 is 11.6 Å². The van der Waals surface area contributed by atoms with Crippen LogP contribution >= 0.6 is 0 Å². The summed E-state index contributed by atoms with van der Waals surface area (Å²) in [6, 6.07) is 5.24. The molecule has 0 unspecified atom stereocenters. The van der Waals surface area contributed by atoms with Gasteiger partial charge in [-0.15, -0.1) is 0 Å². The molecule has 0 saturated heterocycles. The molecule has 0 heterocycles. The first-order valence-corrected chi connectivity index (χ1v) is 6.65. The quantitative estimate of drug-likeness (QED) is 0.744. The van der Waals surface area contributed by atoms with Crippen molar-refractivity contribution in [3.63, 3.8) is 0 Å². The van der Waals surface area contributed by atoms with Gasteiger partial charge in [0.1, 0.15) is 11.5 Å². The first kappa shape index (κ1) is 16.3. The topological polar surface area (TPSA) is 56.8 Å². The molecule has 1 N–H and O–H groups in total. The molecule has 0 saturated carbocycles. The minimum atomic E-state index is -0.0935. The number of benzene rings is 1. The summed E-state index contributed by atoms with van der Waals surface area (Å²) >= 11 is 0. The van der Waals surface area contributed by atoms with Crippen LogP contribution < -0.4 is 14.8 Å². The third-order valence-corrected chi connectivity index (χ3v) is 2.56. The van der Waals surface area contributed by atoms with E-state index in [2.05, 4.69) is 19.2 Å². The molecule has 5 nitrogen and oxygen atoms in total. The van der Waals surface area contributed by atoms with E-state index in [4.69, 9.17) is 14.2 Å². The fourth-order valence-corrected chi connectivity index (χ4v) is 1.59. The normalized spacial score (nSPS) is 10.4. The number of hydrogen-bond acceptors (Lipinski definition) is 4. The zero-order valence-electron chi connectivity index (χ0n) is 12.6. The van der Waals surface area contributed by atoms with Crippen LogP contribution in [0, 0.1) is 5.92 Å². The van der Waals surface area contributed by atoms with Crippen LogP contribution in [0.4, 0.5) is 5.69 Å². The van der Waals surface area contributed by atoms with E-state index in [-0.39, 0.29) is 5.91 Å². The van der Waals surface area contributed by atoms with Crippen LogP contribution in [0.5, 0.6) is 11.5 Å². The highest BCUT2D eigenvalue weighted by Crippen LogP contribution is 2.25. The van der Waals surface area contributed by atoms with E-state index in [0.717, 1.165) is 0 Å². The lowest BCUT2D eigenvalue weighted by atomic mass is 10.2. The van der Waals surface area contributed by atoms with E-state index < -0.39 is 0 Å². The Labute approximate surface area is 120 Å². The van der Waals surface area contributed by atoms with Crippen LogP contribution in [-0.2, 0) is 9.53 Å². The molecule has 1 amide bonds. The molecule has 5 heteroatoms. The van der Waals surface area contributed by atoms with E-state index in [1.54, 1.807) is 32.4 Å². The standard InChI is InChI=1S/C15H23NO4/c1-11(2)10-20-6-5-15(17)16-12-7-13(18-3)9-14(8-12)19-4/h7-9,11H,5-6,10H2,1-4H3,(H,16,17). The maximum absolute atomic E-state index is 11.8. The molecule has 1 aromatic carbocycles. The zero-order valence-corrected chi connectivity index (χ0v) is 12.6. The van der Waals surface area contributed by atoms with Gasteiger partial charge in [-0.05, 0) is 5.92 Å². The fraction of sp³-hybridized carbons (Fsp3) is 0.533. The molecule has 0 atom stereocenters. The second kappa shape index (κ2) is 8.43. The van der Waals surface area contributed by atoms with Crippen molar-refractivity contribution in [1.82, 2.24) is 0 Å². The van der Waals surface area contributed by atoms with E-state index in [1.807, 2.05) is 0 Å². The molecular weight excluding hydrogens is 258 g/mol. The van der Waals surface area contributed by atoms with Crippen molar-refractivity contribution in [2.24, 2.45) is 5.92 Å². The molecular formula is C15H23NO4. The van der Waals surface area contributed by atoms with Gasteiger partial charge in [0, 0.05) is 30.5 Å². The van der Waals surface area contributed by atoms with Gasteiger partial charge in [0.05, 0.1) is 27.2 Å². The number of rotatable bonds is 8. The van der Waals surface area contributed by atoms with Gasteiger partial charge in [-0.1, -0.05) is 13.8 Å². The molecule has 0 aliphatic rings. The van der Waals surface area contributed by atoms with Gasteiger partial charge >= 0.3 is 0 Å². The SMILES string of the molecule is COc1cc(NC(=O)CCOCC(C)C)cc(OC)c1. The van der Waals surface area contributed by atoms with Gasteiger partial charge in [0.15, 0.2) is 0 Å². The summed E-state index contributed by atoms with van der Waals surface area (Å²) in [5, 5.41) is 2.80. The van der Waals surface area contributed by atoms with Crippen molar-refractivity contribution in [3.8, 4) is 11.5 Å². The Morgan fingerprint density at radius 3 is 2.25 bits per heavy atom. The van der Waals surface area contributed by atoms with Gasteiger partial charge < -0.3 is 19.5 Å². The molecule has 0 bridgehead atoms. The third-order valence-electron chi connectivity index (χ3n) is 2.56. The summed E-state index contributed by atoms with van der Waals surface area (Å²) < 4.78 is 15.7. The molecule has 112 valence electrons. The van der Waals surface area contributed by atoms with Crippen molar-refractivity contribution in [1.29, 1.82) is 0 Å². The molecule has 0 fully saturated rings. The lowest BCUT2D eigenvalue weighted by molar-refractivity contribution is -0.117. The Morgan fingerprint density at radius 2 is 1.75 bits per heavy atom. The summed E-state index contributed by atoms with van der Waals surface area (Å²) in [5.41, 5.74) is 0.648. The predicted molar refractivity (Wildman–Crippen MR) is 78.4 cm³/mol. The Bertz CT molecular complexity index is 410. The minimum absolute atomic E-state index is 0.0935. The first-order chi connectivity index (χ1) is 9.55. The summed E-state index contributed by atoms with van der Waals surface area (Å²) in [6.45, 7) is 5.23. The number of hydrogen-bond donors (Lipinski definition) is 1. The average Bonchev–Trinajstić information content (AvgIpc) is 2.42. The summed E-state index contributed by atoms with van der Waals surface area (Å²) in [4.78, 5) is 11.8. The maximum Gasteiger partial charge on any atom is 0.226 e. The number of carbonyl (C=O) groups excluding carboxylic acids is 1. The Kier molecular flexibility index (Phi) is 6.87. The van der Waals surface area contributed by atoms with Crippen LogP contribution in [-0.4, -0.2) is 33.3 Å². The maximum atomic E-state index is 11.8. The second-order valence-electron chi connectivity index (χ2n) is 4.87. The molecule has 20 heavy (non-hydrogen) atoms. The van der Waals surface area contributed by atoms with Gasteiger partial charge in [-0.2, -0.15) is 0 Å². The van der Waals surface area contributed by atoms with E-state index in [0.29, 0.717) is 42.7 Å². The van der Waals surface area contributed by atoms with Gasteiger partial charge in [0.2, 0.25) is 5.91 Å². The molecule has 0 aliphatic carbocycles. The van der Waals surface area contributed by atoms with Gasteiger partial charge in [-0.25, -0.2) is 0 Å². The lowest BCUT2D eigenvalue weighted by Gasteiger charge is -2.10. The third kappa shape index (κ3) is 5.93. The average molecular weight is 281 g/mol. The fourth-order valence-electron chi connectivity index (χ4n) is 1.59. The Balaban J connectivity index is 2.48. The molecule has 1 aromatic rings. The smallest absolute Gasteiger partial charge is 0.226 e. The second-order valence-corrected chi connectivity index (χ2v) is 4.87. The van der Waals surface area contributed by atoms with E-state index >= 15 is 0 Å². The van der Waals surface area contributed by atoms with E-state index in [1.165, 1.54) is 0 Å². The van der Waals surface area contributed by atoms with Crippen LogP contribution in [0.1, 0.15) is 20.3 Å². The van der Waals surface area contributed by atoms with E-state index in [9.17, 15) is 4.79 Å². The monoisotopic (exact) mass is 281 g/mol. The van der Waals surface area contributed by atoms with Crippen LogP contribution in [0.3, 0.4) is 0 Å². The number of methoxy groups -OCH3 is 2. The van der Waals surface area contributed by atoms with Gasteiger partial charge in [-0.3, -0.25) is 4.79 Å².